The van der Waals surface area contributed by atoms with E-state index in [1.165, 1.54) is 20.2 Å². The number of nitrogens with one attached hydrogen (secondary N) is 1. The van der Waals surface area contributed by atoms with Crippen molar-refractivity contribution in [3.8, 4) is 5.75 Å². The van der Waals surface area contributed by atoms with E-state index in [-0.39, 0.29) is 11.5 Å². The van der Waals surface area contributed by atoms with E-state index in [0.29, 0.717) is 18.0 Å². The van der Waals surface area contributed by atoms with Gasteiger partial charge in [-0.2, -0.15) is 0 Å². The maximum Gasteiger partial charge on any atom is 0.255 e. The molecule has 1 amide bonds. The highest BCUT2D eigenvalue weighted by atomic mass is 32.2. The Hall–Kier alpha value is -2.54. The number of aryl methyl sites for hydroxylation is 1. The van der Waals surface area contributed by atoms with Gasteiger partial charge < -0.3 is 10.1 Å². The monoisotopic (exact) mass is 362 g/mol. The van der Waals surface area contributed by atoms with Crippen LogP contribution in [0.5, 0.6) is 5.75 Å². The number of carbonyl (C=O) groups is 1. The molecule has 1 N–H and O–H groups in total. The molecule has 2 aromatic rings. The van der Waals surface area contributed by atoms with E-state index in [1.807, 2.05) is 31.2 Å². The third-order valence-electron chi connectivity index (χ3n) is 3.86. The molecule has 0 fully saturated rings. The minimum atomic E-state index is -3.42. The van der Waals surface area contributed by atoms with Gasteiger partial charge in [-0.3, -0.25) is 9.10 Å². The highest BCUT2D eigenvalue weighted by Gasteiger charge is 2.18. The molecule has 0 saturated carbocycles. The number of hydrogen-bond acceptors (Lipinski definition) is 4. The molecule has 0 heterocycles. The fourth-order valence-corrected chi connectivity index (χ4v) is 2.74. The summed E-state index contributed by atoms with van der Waals surface area (Å²) >= 11 is 0. The van der Waals surface area contributed by atoms with Crippen molar-refractivity contribution in [2.24, 2.45) is 0 Å². The molecule has 134 valence electrons. The van der Waals surface area contributed by atoms with Gasteiger partial charge >= 0.3 is 0 Å². The minimum absolute atomic E-state index is 0.280. The predicted octanol–water partition coefficient (Wildman–Crippen LogP) is 2.33. The smallest absolute Gasteiger partial charge is 0.255 e. The van der Waals surface area contributed by atoms with Gasteiger partial charge in [0.05, 0.1) is 24.6 Å². The van der Waals surface area contributed by atoms with Crippen molar-refractivity contribution in [1.29, 1.82) is 0 Å². The summed E-state index contributed by atoms with van der Waals surface area (Å²) in [7, 11) is -0.516. The number of nitrogens with zero attached hydrogens (tertiary/aromatic N) is 1. The molecule has 0 aliphatic rings. The van der Waals surface area contributed by atoms with Crippen LogP contribution in [0.3, 0.4) is 0 Å². The van der Waals surface area contributed by atoms with E-state index < -0.39 is 10.0 Å². The molecule has 2 rings (SSSR count). The van der Waals surface area contributed by atoms with Crippen molar-refractivity contribution in [3.05, 3.63) is 59.2 Å². The van der Waals surface area contributed by atoms with Crippen LogP contribution in [0.15, 0.2) is 42.5 Å². The van der Waals surface area contributed by atoms with Crippen molar-refractivity contribution < 1.29 is 17.9 Å². The second kappa shape index (κ2) is 7.57. The van der Waals surface area contributed by atoms with Crippen molar-refractivity contribution >= 4 is 21.6 Å². The van der Waals surface area contributed by atoms with E-state index in [4.69, 9.17) is 4.74 Å². The molecule has 6 nitrogen and oxygen atoms in total. The van der Waals surface area contributed by atoms with E-state index in [2.05, 4.69) is 5.32 Å². The summed E-state index contributed by atoms with van der Waals surface area (Å²) in [5.74, 6) is 0.0493. The molecular formula is C18H22N2O4S. The van der Waals surface area contributed by atoms with Crippen molar-refractivity contribution in [1.82, 2.24) is 5.32 Å². The Morgan fingerprint density at radius 2 is 1.80 bits per heavy atom. The lowest BCUT2D eigenvalue weighted by Crippen LogP contribution is -2.26. The van der Waals surface area contributed by atoms with Gasteiger partial charge in [-0.25, -0.2) is 8.42 Å². The second-order valence-electron chi connectivity index (χ2n) is 5.78. The quantitative estimate of drug-likeness (QED) is 0.856. The standard InChI is InChI=1S/C18H22N2O4S/c1-13-5-7-14(8-6-13)12-19-18(21)16-11-15(9-10-17(16)24-3)20(2)25(4,22)23/h5-11H,12H2,1-4H3,(H,19,21). The molecule has 0 spiro atoms. The molecule has 25 heavy (non-hydrogen) atoms. The Kier molecular flexibility index (Phi) is 5.69. The maximum absolute atomic E-state index is 12.5. The number of sulfonamides is 1. The van der Waals surface area contributed by atoms with Crippen molar-refractivity contribution in [2.75, 3.05) is 24.7 Å². The van der Waals surface area contributed by atoms with Gasteiger partial charge in [0, 0.05) is 13.6 Å². The largest absolute Gasteiger partial charge is 0.496 e. The number of hydrogen-bond donors (Lipinski definition) is 1. The Morgan fingerprint density at radius 3 is 2.36 bits per heavy atom. The second-order valence-corrected chi connectivity index (χ2v) is 7.80. The number of rotatable bonds is 6. The maximum atomic E-state index is 12.5. The summed E-state index contributed by atoms with van der Waals surface area (Å²) in [6, 6.07) is 12.5. The number of benzene rings is 2. The molecule has 0 aliphatic carbocycles. The first kappa shape index (κ1) is 18.8. The Labute approximate surface area is 148 Å². The molecule has 0 unspecified atom stereocenters. The fraction of sp³-hybridized carbons (Fsp3) is 0.278. The third-order valence-corrected chi connectivity index (χ3v) is 5.07. The molecule has 0 bridgehead atoms. The van der Waals surface area contributed by atoms with Crippen LogP contribution in [-0.2, 0) is 16.6 Å². The highest BCUT2D eigenvalue weighted by molar-refractivity contribution is 7.92. The summed E-state index contributed by atoms with van der Waals surface area (Å²) in [5.41, 5.74) is 2.79. The number of ether oxygens (including phenoxy) is 1. The Morgan fingerprint density at radius 1 is 1.16 bits per heavy atom. The van der Waals surface area contributed by atoms with E-state index in [9.17, 15) is 13.2 Å². The molecule has 0 radical (unpaired) electrons. The number of anilines is 1. The first-order valence-corrected chi connectivity index (χ1v) is 9.53. The van der Waals surface area contributed by atoms with Crippen LogP contribution in [0.1, 0.15) is 21.5 Å². The molecule has 2 aromatic carbocycles. The summed E-state index contributed by atoms with van der Waals surface area (Å²) in [4.78, 5) is 12.5. The van der Waals surface area contributed by atoms with Crippen molar-refractivity contribution in [3.63, 3.8) is 0 Å². The molecule has 0 atom stereocenters. The van der Waals surface area contributed by atoms with Gasteiger partial charge in [-0.15, -0.1) is 0 Å². The Balaban J connectivity index is 2.23. The molecular weight excluding hydrogens is 340 g/mol. The van der Waals surface area contributed by atoms with E-state index >= 15 is 0 Å². The molecule has 0 saturated heterocycles. The van der Waals surface area contributed by atoms with Crippen LogP contribution in [0, 0.1) is 6.92 Å². The first-order valence-electron chi connectivity index (χ1n) is 7.68. The van der Waals surface area contributed by atoms with Gasteiger partial charge in [0.2, 0.25) is 10.0 Å². The minimum Gasteiger partial charge on any atom is -0.496 e. The summed E-state index contributed by atoms with van der Waals surface area (Å²) in [6.45, 7) is 2.37. The predicted molar refractivity (Wildman–Crippen MR) is 98.6 cm³/mol. The van der Waals surface area contributed by atoms with Crippen LogP contribution < -0.4 is 14.4 Å². The zero-order valence-corrected chi connectivity index (χ0v) is 15.6. The molecule has 0 aromatic heterocycles. The normalized spacial score (nSPS) is 11.0. The van der Waals surface area contributed by atoms with Gasteiger partial charge in [0.25, 0.3) is 5.91 Å². The summed E-state index contributed by atoms with van der Waals surface area (Å²) < 4.78 is 29.7. The lowest BCUT2D eigenvalue weighted by atomic mass is 10.1. The number of carbonyl (C=O) groups excluding carboxylic acids is 1. The number of methoxy groups -OCH3 is 1. The number of amides is 1. The van der Waals surface area contributed by atoms with E-state index in [1.54, 1.807) is 12.1 Å². The van der Waals surface area contributed by atoms with Gasteiger partial charge in [0.1, 0.15) is 5.75 Å². The van der Waals surface area contributed by atoms with Crippen LogP contribution in [0.2, 0.25) is 0 Å². The van der Waals surface area contributed by atoms with Gasteiger partial charge in [-0.1, -0.05) is 29.8 Å². The third kappa shape index (κ3) is 4.73. The topological polar surface area (TPSA) is 75.7 Å². The lowest BCUT2D eigenvalue weighted by Gasteiger charge is -2.18. The van der Waals surface area contributed by atoms with Crippen LogP contribution in [-0.4, -0.2) is 34.7 Å². The van der Waals surface area contributed by atoms with Crippen LogP contribution >= 0.6 is 0 Å². The highest BCUT2D eigenvalue weighted by Crippen LogP contribution is 2.25. The zero-order chi connectivity index (χ0) is 18.6. The fourth-order valence-electron chi connectivity index (χ4n) is 2.24. The summed E-state index contributed by atoms with van der Waals surface area (Å²) in [5, 5.41) is 2.83. The lowest BCUT2D eigenvalue weighted by molar-refractivity contribution is 0.0948. The first-order chi connectivity index (χ1) is 11.7. The SMILES string of the molecule is COc1ccc(N(C)S(C)(=O)=O)cc1C(=O)NCc1ccc(C)cc1. The molecule has 7 heteroatoms. The van der Waals surface area contributed by atoms with Crippen LogP contribution in [0.25, 0.3) is 0 Å². The van der Waals surface area contributed by atoms with Crippen molar-refractivity contribution in [2.45, 2.75) is 13.5 Å². The Bertz CT molecular complexity index is 861. The van der Waals surface area contributed by atoms with E-state index in [0.717, 1.165) is 21.7 Å². The van der Waals surface area contributed by atoms with Gasteiger partial charge in [-0.05, 0) is 30.7 Å². The molecule has 0 aliphatic heterocycles. The zero-order valence-electron chi connectivity index (χ0n) is 14.7. The van der Waals surface area contributed by atoms with Gasteiger partial charge in [0.15, 0.2) is 0 Å². The van der Waals surface area contributed by atoms with Crippen LogP contribution in [0.4, 0.5) is 5.69 Å². The summed E-state index contributed by atoms with van der Waals surface area (Å²) in [6.07, 6.45) is 1.11. The average molecular weight is 362 g/mol. The average Bonchev–Trinajstić information content (AvgIpc) is 2.59.